The van der Waals surface area contributed by atoms with Gasteiger partial charge in [-0.05, 0) is 37.3 Å². The molecule has 0 aliphatic rings. The summed E-state index contributed by atoms with van der Waals surface area (Å²) in [5, 5.41) is 3.84. The molecule has 0 aliphatic heterocycles. The third-order valence-corrected chi connectivity index (χ3v) is 7.23. The number of hydrogen-bond donors (Lipinski definition) is 0. The number of nitrogens with zero attached hydrogens (tertiary/aromatic N) is 1. The lowest BCUT2D eigenvalue weighted by molar-refractivity contribution is 0.241. The first-order valence-corrected chi connectivity index (χ1v) is 11.1. The topological polar surface area (TPSA) is 14.2 Å². The van der Waals surface area contributed by atoms with Gasteiger partial charge in [0, 0.05) is 28.9 Å². The molecule has 1 aromatic heterocycles. The van der Waals surface area contributed by atoms with E-state index in [1.54, 1.807) is 0 Å². The van der Waals surface area contributed by atoms with Crippen LogP contribution in [0.5, 0.6) is 0 Å². The number of para-hydroxylation sites is 1. The Morgan fingerprint density at radius 2 is 1.39 bits per heavy atom. The van der Waals surface area contributed by atoms with Crippen LogP contribution in [0.4, 0.5) is 0 Å². The van der Waals surface area contributed by atoms with Crippen LogP contribution in [-0.4, -0.2) is 10.7 Å². The van der Waals surface area contributed by atoms with E-state index in [1.807, 2.05) is 0 Å². The molecule has 0 spiro atoms. The molecule has 1 heterocycles. The Labute approximate surface area is 168 Å². The quantitative estimate of drug-likeness (QED) is 0.379. The Balaban J connectivity index is 1.48. The highest BCUT2D eigenvalue weighted by Crippen LogP contribution is 2.37. The van der Waals surface area contributed by atoms with Gasteiger partial charge in [0.2, 0.25) is 0 Å². The first-order chi connectivity index (χ1) is 13.7. The van der Waals surface area contributed by atoms with Gasteiger partial charge < -0.3 is 9.09 Å². The second kappa shape index (κ2) is 8.73. The molecule has 2 nitrogen and oxygen atoms in total. The molecule has 0 bridgehead atoms. The van der Waals surface area contributed by atoms with E-state index in [4.69, 9.17) is 4.52 Å². The molecule has 0 saturated heterocycles. The van der Waals surface area contributed by atoms with Crippen LogP contribution in [0, 0.1) is 0 Å². The van der Waals surface area contributed by atoms with E-state index in [9.17, 15) is 0 Å². The van der Waals surface area contributed by atoms with E-state index in [0.29, 0.717) is 0 Å². The summed E-state index contributed by atoms with van der Waals surface area (Å²) in [6.45, 7) is 2.20. The van der Waals surface area contributed by atoms with Gasteiger partial charge >= 0.3 is 0 Å². The second-order valence-electron chi connectivity index (χ2n) is 7.17. The average molecular weight is 387 g/mol. The molecule has 28 heavy (non-hydrogen) atoms. The SMILES string of the molecule is CC(CCc1cc2ccccc2n1C)OP(c1ccccc1)c1ccccc1. The Morgan fingerprint density at radius 1 is 0.821 bits per heavy atom. The summed E-state index contributed by atoms with van der Waals surface area (Å²) in [7, 11) is 1.35. The average Bonchev–Trinajstić information content (AvgIpc) is 3.07. The summed E-state index contributed by atoms with van der Waals surface area (Å²) in [6, 6.07) is 32.1. The minimum absolute atomic E-state index is 0.185. The number of aromatic nitrogens is 1. The van der Waals surface area contributed by atoms with Crippen molar-refractivity contribution >= 4 is 29.7 Å². The summed E-state index contributed by atoms with van der Waals surface area (Å²) in [5.41, 5.74) is 2.65. The molecule has 3 aromatic carbocycles. The number of benzene rings is 3. The molecule has 4 aromatic rings. The van der Waals surface area contributed by atoms with Crippen molar-refractivity contribution in [3.8, 4) is 0 Å². The fourth-order valence-electron chi connectivity index (χ4n) is 3.57. The third-order valence-electron chi connectivity index (χ3n) is 5.12. The molecule has 4 rings (SSSR count). The Hall–Kier alpha value is -2.41. The Kier molecular flexibility index (Phi) is 5.90. The maximum absolute atomic E-state index is 6.61. The molecule has 142 valence electrons. The zero-order valence-corrected chi connectivity index (χ0v) is 17.3. The fraction of sp³-hybridized carbons (Fsp3) is 0.200. The van der Waals surface area contributed by atoms with E-state index in [1.165, 1.54) is 27.2 Å². The predicted octanol–water partition coefficient (Wildman–Crippen LogP) is 5.56. The molecule has 1 atom stereocenters. The van der Waals surface area contributed by atoms with Crippen LogP contribution >= 0.6 is 8.15 Å². The third kappa shape index (κ3) is 4.19. The largest absolute Gasteiger partial charge is 0.348 e. The van der Waals surface area contributed by atoms with E-state index < -0.39 is 8.15 Å². The maximum Gasteiger partial charge on any atom is 0.0921 e. The maximum atomic E-state index is 6.61. The molecular weight excluding hydrogens is 361 g/mol. The van der Waals surface area contributed by atoms with Crippen LogP contribution in [-0.2, 0) is 18.0 Å². The van der Waals surface area contributed by atoms with E-state index in [2.05, 4.69) is 110 Å². The summed E-state index contributed by atoms with van der Waals surface area (Å²) < 4.78 is 8.92. The van der Waals surface area contributed by atoms with Gasteiger partial charge in [-0.3, -0.25) is 0 Å². The van der Waals surface area contributed by atoms with Gasteiger partial charge in [0.25, 0.3) is 0 Å². The van der Waals surface area contributed by atoms with Crippen molar-refractivity contribution < 1.29 is 4.52 Å². The predicted molar refractivity (Wildman–Crippen MR) is 121 cm³/mol. The van der Waals surface area contributed by atoms with Gasteiger partial charge in [0.05, 0.1) is 14.3 Å². The number of fused-ring (bicyclic) bond motifs is 1. The van der Waals surface area contributed by atoms with Crippen LogP contribution in [0.3, 0.4) is 0 Å². The summed E-state index contributed by atoms with van der Waals surface area (Å²) in [4.78, 5) is 0. The second-order valence-corrected chi connectivity index (χ2v) is 9.01. The lowest BCUT2D eigenvalue weighted by atomic mass is 10.1. The van der Waals surface area contributed by atoms with Crippen LogP contribution in [0.2, 0.25) is 0 Å². The zero-order valence-electron chi connectivity index (χ0n) is 16.5. The van der Waals surface area contributed by atoms with Crippen molar-refractivity contribution in [1.82, 2.24) is 4.57 Å². The lowest BCUT2D eigenvalue weighted by Crippen LogP contribution is -2.18. The molecular formula is C25H26NOP. The standard InChI is InChI=1S/C25H26NOP/c1-20(17-18-22-19-21-11-9-10-16-25(21)26(22)2)27-28(23-12-5-3-6-13-23)24-14-7-4-8-15-24/h3-16,19-20H,17-18H2,1-2H3. The number of rotatable bonds is 7. The number of aryl methyl sites for hydroxylation is 2. The van der Waals surface area contributed by atoms with E-state index in [-0.39, 0.29) is 6.10 Å². The normalized spacial score (nSPS) is 12.5. The van der Waals surface area contributed by atoms with Crippen molar-refractivity contribution in [2.24, 2.45) is 7.05 Å². The van der Waals surface area contributed by atoms with Gasteiger partial charge in [0.15, 0.2) is 0 Å². The van der Waals surface area contributed by atoms with Crippen LogP contribution in [0.25, 0.3) is 10.9 Å². The monoisotopic (exact) mass is 387 g/mol. The van der Waals surface area contributed by atoms with Gasteiger partial charge in [-0.2, -0.15) is 0 Å². The first kappa shape index (κ1) is 18.9. The van der Waals surface area contributed by atoms with Crippen LogP contribution in [0.1, 0.15) is 19.0 Å². The molecule has 0 fully saturated rings. The Bertz CT molecular complexity index is 987. The smallest absolute Gasteiger partial charge is 0.0921 e. The highest BCUT2D eigenvalue weighted by atomic mass is 31.1. The first-order valence-electron chi connectivity index (χ1n) is 9.83. The van der Waals surface area contributed by atoms with Crippen LogP contribution in [0.15, 0.2) is 91.0 Å². The van der Waals surface area contributed by atoms with Crippen molar-refractivity contribution in [2.45, 2.75) is 25.9 Å². The van der Waals surface area contributed by atoms with Gasteiger partial charge in [-0.25, -0.2) is 0 Å². The van der Waals surface area contributed by atoms with Crippen molar-refractivity contribution in [1.29, 1.82) is 0 Å². The minimum Gasteiger partial charge on any atom is -0.348 e. The highest BCUT2D eigenvalue weighted by Gasteiger charge is 2.18. The fourth-order valence-corrected chi connectivity index (χ4v) is 5.46. The summed E-state index contributed by atoms with van der Waals surface area (Å²) in [6.07, 6.45) is 2.20. The molecule has 0 N–H and O–H groups in total. The van der Waals surface area contributed by atoms with E-state index >= 15 is 0 Å². The zero-order chi connectivity index (χ0) is 19.3. The Morgan fingerprint density at radius 3 is 2.00 bits per heavy atom. The van der Waals surface area contributed by atoms with Gasteiger partial charge in [-0.1, -0.05) is 78.9 Å². The summed E-state index contributed by atoms with van der Waals surface area (Å²) >= 11 is 0. The number of hydrogen-bond acceptors (Lipinski definition) is 1. The van der Waals surface area contributed by atoms with Crippen molar-refractivity contribution in [2.75, 3.05) is 0 Å². The molecule has 0 aliphatic carbocycles. The van der Waals surface area contributed by atoms with Crippen molar-refractivity contribution in [3.63, 3.8) is 0 Å². The van der Waals surface area contributed by atoms with Gasteiger partial charge in [-0.15, -0.1) is 0 Å². The van der Waals surface area contributed by atoms with E-state index in [0.717, 1.165) is 12.8 Å². The van der Waals surface area contributed by atoms with Crippen LogP contribution < -0.4 is 10.6 Å². The van der Waals surface area contributed by atoms with Crippen molar-refractivity contribution in [3.05, 3.63) is 96.7 Å². The molecule has 3 heteroatoms. The lowest BCUT2D eigenvalue weighted by Gasteiger charge is -2.23. The molecule has 1 unspecified atom stereocenters. The highest BCUT2D eigenvalue weighted by molar-refractivity contribution is 7.68. The van der Waals surface area contributed by atoms with Gasteiger partial charge in [0.1, 0.15) is 0 Å². The molecule has 0 saturated carbocycles. The molecule has 0 amide bonds. The summed E-state index contributed by atoms with van der Waals surface area (Å²) in [5.74, 6) is 0. The molecule has 0 radical (unpaired) electrons. The minimum atomic E-state index is -0.805.